The molecule has 2 rings (SSSR count). The molecule has 1 aliphatic rings. The second-order valence-corrected chi connectivity index (χ2v) is 6.69. The van der Waals surface area contributed by atoms with Crippen molar-refractivity contribution in [1.29, 1.82) is 0 Å². The highest BCUT2D eigenvalue weighted by atomic mass is 35.5. The van der Waals surface area contributed by atoms with Crippen LogP contribution >= 0.6 is 11.6 Å². The van der Waals surface area contributed by atoms with Gasteiger partial charge in [-0.1, -0.05) is 31.5 Å². The summed E-state index contributed by atoms with van der Waals surface area (Å²) in [5.41, 5.74) is 1.78. The van der Waals surface area contributed by atoms with Gasteiger partial charge in [-0.3, -0.25) is 9.59 Å². The number of amides is 2. The number of piperazine rings is 1. The van der Waals surface area contributed by atoms with Gasteiger partial charge in [-0.25, -0.2) is 0 Å². The quantitative estimate of drug-likeness (QED) is 0.857. The zero-order valence-corrected chi connectivity index (χ0v) is 14.4. The Kier molecular flexibility index (Phi) is 5.12. The van der Waals surface area contributed by atoms with Crippen LogP contribution in [0.1, 0.15) is 32.8 Å². The summed E-state index contributed by atoms with van der Waals surface area (Å²) in [6.07, 6.45) is 0.480. The highest BCUT2D eigenvalue weighted by molar-refractivity contribution is 6.31. The van der Waals surface area contributed by atoms with Crippen LogP contribution in [0.25, 0.3) is 0 Å². The van der Waals surface area contributed by atoms with Gasteiger partial charge in [0.2, 0.25) is 11.8 Å². The molecule has 0 N–H and O–H groups in total. The average molecular weight is 323 g/mol. The number of carbonyl (C=O) groups excluding carboxylic acids is 2. The van der Waals surface area contributed by atoms with Crippen molar-refractivity contribution in [3.63, 3.8) is 0 Å². The van der Waals surface area contributed by atoms with Gasteiger partial charge in [-0.2, -0.15) is 0 Å². The second kappa shape index (κ2) is 6.69. The summed E-state index contributed by atoms with van der Waals surface area (Å²) in [5, 5.41) is 0.649. The Morgan fingerprint density at radius 3 is 2.64 bits per heavy atom. The van der Waals surface area contributed by atoms with Gasteiger partial charge >= 0.3 is 0 Å². The number of halogens is 1. The van der Waals surface area contributed by atoms with E-state index in [1.807, 2.05) is 39.0 Å². The van der Waals surface area contributed by atoms with E-state index < -0.39 is 6.04 Å². The van der Waals surface area contributed by atoms with Crippen LogP contribution in [-0.4, -0.2) is 35.8 Å². The molecule has 1 aromatic rings. The van der Waals surface area contributed by atoms with E-state index in [4.69, 9.17) is 11.6 Å². The lowest BCUT2D eigenvalue weighted by atomic mass is 10.1. The summed E-state index contributed by atoms with van der Waals surface area (Å²) in [6.45, 7) is 8.81. The Labute approximate surface area is 137 Å². The molecule has 1 saturated heterocycles. The van der Waals surface area contributed by atoms with Crippen LogP contribution in [0.5, 0.6) is 0 Å². The standard InChI is InChI=1S/C17H23ClN2O2/c1-11(2)9-16(21)19-7-8-20(17(22)13(19)4)14-6-5-12(3)15(18)10-14/h5-6,10-11,13H,7-9H2,1-4H3/t13-/m0/s1. The van der Waals surface area contributed by atoms with Crippen molar-refractivity contribution in [3.05, 3.63) is 28.8 Å². The van der Waals surface area contributed by atoms with Crippen molar-refractivity contribution in [1.82, 2.24) is 4.90 Å². The molecule has 1 atom stereocenters. The third-order valence-corrected chi connectivity index (χ3v) is 4.43. The Hall–Kier alpha value is -1.55. The van der Waals surface area contributed by atoms with Gasteiger partial charge in [0.05, 0.1) is 0 Å². The largest absolute Gasteiger partial charge is 0.329 e. The van der Waals surface area contributed by atoms with Gasteiger partial charge in [-0.05, 0) is 37.5 Å². The molecule has 22 heavy (non-hydrogen) atoms. The summed E-state index contributed by atoms with van der Waals surface area (Å²) in [6, 6.07) is 5.19. The summed E-state index contributed by atoms with van der Waals surface area (Å²) < 4.78 is 0. The lowest BCUT2D eigenvalue weighted by molar-refractivity contribution is -0.141. The van der Waals surface area contributed by atoms with Crippen molar-refractivity contribution in [2.45, 2.75) is 40.2 Å². The Balaban J connectivity index is 2.15. The topological polar surface area (TPSA) is 40.6 Å². The lowest BCUT2D eigenvalue weighted by Crippen LogP contribution is -2.57. The van der Waals surface area contributed by atoms with E-state index in [9.17, 15) is 9.59 Å². The molecule has 0 radical (unpaired) electrons. The van der Waals surface area contributed by atoms with E-state index >= 15 is 0 Å². The molecule has 2 amide bonds. The van der Waals surface area contributed by atoms with Crippen LogP contribution in [0.2, 0.25) is 5.02 Å². The van der Waals surface area contributed by atoms with E-state index in [1.54, 1.807) is 16.7 Å². The van der Waals surface area contributed by atoms with Crippen molar-refractivity contribution >= 4 is 29.1 Å². The van der Waals surface area contributed by atoms with Crippen LogP contribution in [-0.2, 0) is 9.59 Å². The predicted octanol–water partition coefficient (Wildman–Crippen LogP) is 3.26. The minimum atomic E-state index is -0.430. The molecule has 5 heteroatoms. The Morgan fingerprint density at radius 2 is 2.05 bits per heavy atom. The summed E-state index contributed by atoms with van der Waals surface area (Å²) >= 11 is 6.15. The zero-order chi connectivity index (χ0) is 16.4. The minimum absolute atomic E-state index is 0.0525. The van der Waals surface area contributed by atoms with Gasteiger partial charge in [-0.15, -0.1) is 0 Å². The summed E-state index contributed by atoms with van der Waals surface area (Å²) in [4.78, 5) is 28.3. The molecule has 1 aliphatic heterocycles. The summed E-state index contributed by atoms with van der Waals surface area (Å²) in [7, 11) is 0. The fourth-order valence-electron chi connectivity index (χ4n) is 2.68. The molecule has 4 nitrogen and oxygen atoms in total. The van der Waals surface area contributed by atoms with Gasteiger partial charge in [0.15, 0.2) is 0 Å². The number of anilines is 1. The van der Waals surface area contributed by atoms with Crippen LogP contribution in [0.3, 0.4) is 0 Å². The number of aryl methyl sites for hydroxylation is 1. The monoisotopic (exact) mass is 322 g/mol. The third-order valence-electron chi connectivity index (χ3n) is 4.03. The van der Waals surface area contributed by atoms with Crippen molar-refractivity contribution in [2.24, 2.45) is 5.92 Å². The SMILES string of the molecule is Cc1ccc(N2CCN(C(=O)CC(C)C)[C@@H](C)C2=O)cc1Cl. The number of benzene rings is 1. The maximum absolute atomic E-state index is 12.6. The number of hydrogen-bond acceptors (Lipinski definition) is 2. The molecule has 0 unspecified atom stereocenters. The van der Waals surface area contributed by atoms with E-state index in [1.165, 1.54) is 0 Å². The van der Waals surface area contributed by atoms with Crippen LogP contribution in [0.15, 0.2) is 18.2 Å². The first kappa shape index (κ1) is 16.8. The first-order valence-electron chi connectivity index (χ1n) is 7.68. The van der Waals surface area contributed by atoms with E-state index in [-0.39, 0.29) is 11.8 Å². The zero-order valence-electron chi connectivity index (χ0n) is 13.6. The molecule has 0 saturated carbocycles. The van der Waals surface area contributed by atoms with Gasteiger partial charge in [0, 0.05) is 30.2 Å². The molecule has 0 spiro atoms. The van der Waals surface area contributed by atoms with Crippen molar-refractivity contribution < 1.29 is 9.59 Å². The maximum atomic E-state index is 12.6. The number of hydrogen-bond donors (Lipinski definition) is 0. The van der Waals surface area contributed by atoms with Crippen LogP contribution in [0.4, 0.5) is 5.69 Å². The van der Waals surface area contributed by atoms with Crippen LogP contribution < -0.4 is 4.90 Å². The number of carbonyl (C=O) groups is 2. The molecular weight excluding hydrogens is 300 g/mol. The minimum Gasteiger partial charge on any atom is -0.329 e. The molecule has 1 aromatic carbocycles. The van der Waals surface area contributed by atoms with Gasteiger partial charge in [0.25, 0.3) is 0 Å². The molecule has 0 aromatic heterocycles. The highest BCUT2D eigenvalue weighted by Crippen LogP contribution is 2.26. The maximum Gasteiger partial charge on any atom is 0.249 e. The van der Waals surface area contributed by atoms with Gasteiger partial charge in [0.1, 0.15) is 6.04 Å². The molecular formula is C17H23ClN2O2. The second-order valence-electron chi connectivity index (χ2n) is 6.28. The smallest absolute Gasteiger partial charge is 0.249 e. The fraction of sp³-hybridized carbons (Fsp3) is 0.529. The first-order valence-corrected chi connectivity index (χ1v) is 8.06. The molecule has 120 valence electrons. The highest BCUT2D eigenvalue weighted by Gasteiger charge is 2.34. The fourth-order valence-corrected chi connectivity index (χ4v) is 2.86. The van der Waals surface area contributed by atoms with Crippen molar-refractivity contribution in [3.8, 4) is 0 Å². The molecule has 1 fully saturated rings. The third kappa shape index (κ3) is 3.43. The number of nitrogens with zero attached hydrogens (tertiary/aromatic N) is 2. The Morgan fingerprint density at radius 1 is 1.36 bits per heavy atom. The van der Waals surface area contributed by atoms with E-state index in [2.05, 4.69) is 0 Å². The molecule has 1 heterocycles. The van der Waals surface area contributed by atoms with E-state index in [0.717, 1.165) is 11.3 Å². The predicted molar refractivity (Wildman–Crippen MR) is 89.2 cm³/mol. The van der Waals surface area contributed by atoms with Gasteiger partial charge < -0.3 is 9.80 Å². The normalized spacial score (nSPS) is 19.0. The average Bonchev–Trinajstić information content (AvgIpc) is 2.44. The van der Waals surface area contributed by atoms with E-state index in [0.29, 0.717) is 30.5 Å². The lowest BCUT2D eigenvalue weighted by Gasteiger charge is -2.39. The Bertz CT molecular complexity index is 586. The molecule has 0 bridgehead atoms. The first-order chi connectivity index (χ1) is 10.3. The molecule has 0 aliphatic carbocycles. The number of rotatable bonds is 3. The van der Waals surface area contributed by atoms with Crippen LogP contribution in [0, 0.1) is 12.8 Å². The summed E-state index contributed by atoms with van der Waals surface area (Å²) in [5.74, 6) is 0.296. The van der Waals surface area contributed by atoms with Crippen molar-refractivity contribution in [2.75, 3.05) is 18.0 Å².